The molecule has 7 heteroatoms. The number of aromatic nitrogens is 3. The third-order valence-electron chi connectivity index (χ3n) is 3.78. The number of pyridine rings is 2. The van der Waals surface area contributed by atoms with Gasteiger partial charge in [0.25, 0.3) is 0 Å². The quantitative estimate of drug-likeness (QED) is 0.614. The van der Waals surface area contributed by atoms with E-state index in [2.05, 4.69) is 9.97 Å². The Balaban J connectivity index is 2.07. The third-order valence-corrected chi connectivity index (χ3v) is 4.55. The van der Waals surface area contributed by atoms with Crippen LogP contribution in [0, 0.1) is 0 Å². The topological polar surface area (TPSA) is 85.1 Å². The first-order valence-electron chi connectivity index (χ1n) is 7.40. The maximum absolute atomic E-state index is 12.5. The van der Waals surface area contributed by atoms with Crippen molar-refractivity contribution in [2.45, 2.75) is 0 Å². The highest BCUT2D eigenvalue weighted by molar-refractivity contribution is 7.12. The number of hydrogen-bond acceptors (Lipinski definition) is 5. The maximum Gasteiger partial charge on any atom is 0.341 e. The molecule has 1 N–H and O–H groups in total. The number of nitrogens with zero attached hydrogens (tertiary/aromatic N) is 3. The van der Waals surface area contributed by atoms with Gasteiger partial charge in [-0.05, 0) is 12.1 Å². The Labute approximate surface area is 145 Å². The molecule has 3 heterocycles. The predicted octanol–water partition coefficient (Wildman–Crippen LogP) is 3.21. The smallest absolute Gasteiger partial charge is 0.341 e. The van der Waals surface area contributed by atoms with E-state index in [0.717, 1.165) is 5.56 Å². The molecule has 0 atom stereocenters. The molecular formula is C18H11N3O3S. The summed E-state index contributed by atoms with van der Waals surface area (Å²) in [5, 5.41) is 11.9. The van der Waals surface area contributed by atoms with Gasteiger partial charge in [-0.1, -0.05) is 30.3 Å². The number of benzene rings is 1. The lowest BCUT2D eigenvalue weighted by Gasteiger charge is -2.10. The first-order valence-corrected chi connectivity index (χ1v) is 8.28. The lowest BCUT2D eigenvalue weighted by atomic mass is 10.1. The molecule has 0 unspecified atom stereocenters. The van der Waals surface area contributed by atoms with E-state index in [4.69, 9.17) is 0 Å². The molecule has 0 aliphatic heterocycles. The number of hydrogen-bond donors (Lipinski definition) is 1. The van der Waals surface area contributed by atoms with E-state index in [0.29, 0.717) is 16.5 Å². The summed E-state index contributed by atoms with van der Waals surface area (Å²) >= 11 is 1.34. The van der Waals surface area contributed by atoms with Crippen LogP contribution in [0.25, 0.3) is 27.4 Å². The summed E-state index contributed by atoms with van der Waals surface area (Å²) in [6.45, 7) is 0. The molecule has 0 saturated carbocycles. The van der Waals surface area contributed by atoms with E-state index in [9.17, 15) is 14.7 Å². The van der Waals surface area contributed by atoms with Crippen molar-refractivity contribution in [2.24, 2.45) is 0 Å². The minimum atomic E-state index is -1.27. The van der Waals surface area contributed by atoms with Crippen LogP contribution in [0.5, 0.6) is 0 Å². The SMILES string of the molecule is O=C(O)c1cn(-c2nccs2)c2nc(-c3ccccc3)ccc2c1=O. The summed E-state index contributed by atoms with van der Waals surface area (Å²) < 4.78 is 1.55. The first-order chi connectivity index (χ1) is 12.1. The Hall–Kier alpha value is -3.32. The number of carboxylic acid groups (broad SMARTS) is 1. The zero-order valence-corrected chi connectivity index (χ0v) is 13.6. The standard InChI is InChI=1S/C18H11N3O3S/c22-15-12-6-7-14(11-4-2-1-3-5-11)20-16(12)21(10-13(15)17(23)24)18-19-8-9-25-18/h1-10H,(H,23,24). The molecule has 0 spiro atoms. The van der Waals surface area contributed by atoms with Crippen LogP contribution in [-0.4, -0.2) is 25.6 Å². The van der Waals surface area contributed by atoms with Crippen LogP contribution in [0.1, 0.15) is 10.4 Å². The van der Waals surface area contributed by atoms with Crippen LogP contribution in [0.4, 0.5) is 0 Å². The molecule has 0 fully saturated rings. The van der Waals surface area contributed by atoms with Gasteiger partial charge in [0.2, 0.25) is 5.43 Å². The molecule has 0 amide bonds. The molecule has 0 bridgehead atoms. The average molecular weight is 349 g/mol. The number of rotatable bonds is 3. The summed E-state index contributed by atoms with van der Waals surface area (Å²) in [5.74, 6) is -1.27. The highest BCUT2D eigenvalue weighted by Gasteiger charge is 2.17. The molecule has 0 radical (unpaired) electrons. The minimum absolute atomic E-state index is 0.245. The van der Waals surface area contributed by atoms with E-state index in [-0.39, 0.29) is 10.9 Å². The monoisotopic (exact) mass is 349 g/mol. The Morgan fingerprint density at radius 2 is 1.92 bits per heavy atom. The summed E-state index contributed by atoms with van der Waals surface area (Å²) in [7, 11) is 0. The molecule has 4 aromatic rings. The van der Waals surface area contributed by atoms with E-state index >= 15 is 0 Å². The van der Waals surface area contributed by atoms with Crippen LogP contribution < -0.4 is 5.43 Å². The van der Waals surface area contributed by atoms with Crippen molar-refractivity contribution in [2.75, 3.05) is 0 Å². The van der Waals surface area contributed by atoms with Gasteiger partial charge < -0.3 is 5.11 Å². The zero-order valence-electron chi connectivity index (χ0n) is 12.8. The van der Waals surface area contributed by atoms with Crippen LogP contribution in [0.15, 0.2) is 65.0 Å². The van der Waals surface area contributed by atoms with Gasteiger partial charge in [0, 0.05) is 23.3 Å². The highest BCUT2D eigenvalue weighted by atomic mass is 32.1. The Morgan fingerprint density at radius 3 is 2.60 bits per heavy atom. The van der Waals surface area contributed by atoms with Crippen LogP contribution >= 0.6 is 11.3 Å². The summed E-state index contributed by atoms with van der Waals surface area (Å²) in [5.41, 5.74) is 1.12. The lowest BCUT2D eigenvalue weighted by Crippen LogP contribution is -2.19. The number of fused-ring (bicyclic) bond motifs is 1. The summed E-state index contributed by atoms with van der Waals surface area (Å²) in [6.07, 6.45) is 2.90. The second kappa shape index (κ2) is 5.95. The van der Waals surface area contributed by atoms with Gasteiger partial charge in [-0.15, -0.1) is 11.3 Å². The number of carboxylic acids is 1. The lowest BCUT2D eigenvalue weighted by molar-refractivity contribution is 0.0695. The maximum atomic E-state index is 12.5. The third kappa shape index (κ3) is 2.60. The fourth-order valence-electron chi connectivity index (χ4n) is 2.61. The molecule has 0 saturated heterocycles. The van der Waals surface area contributed by atoms with Crippen molar-refractivity contribution in [1.29, 1.82) is 0 Å². The molecule has 0 aliphatic carbocycles. The van der Waals surface area contributed by atoms with Gasteiger partial charge in [-0.2, -0.15) is 0 Å². The van der Waals surface area contributed by atoms with Crippen molar-refractivity contribution >= 4 is 28.3 Å². The zero-order chi connectivity index (χ0) is 17.4. The molecule has 4 rings (SSSR count). The van der Waals surface area contributed by atoms with E-state index < -0.39 is 11.4 Å². The normalized spacial score (nSPS) is 10.9. The number of carbonyl (C=O) groups is 1. The molecule has 6 nitrogen and oxygen atoms in total. The van der Waals surface area contributed by atoms with E-state index in [1.807, 2.05) is 30.3 Å². The Morgan fingerprint density at radius 1 is 1.12 bits per heavy atom. The van der Waals surface area contributed by atoms with Gasteiger partial charge in [-0.3, -0.25) is 9.36 Å². The molecule has 122 valence electrons. The van der Waals surface area contributed by atoms with Gasteiger partial charge in [0.1, 0.15) is 5.56 Å². The Bertz CT molecular complexity index is 1140. The van der Waals surface area contributed by atoms with Gasteiger partial charge in [0.15, 0.2) is 10.8 Å². The highest BCUT2D eigenvalue weighted by Crippen LogP contribution is 2.22. The van der Waals surface area contributed by atoms with Gasteiger partial charge in [0.05, 0.1) is 11.1 Å². The fraction of sp³-hybridized carbons (Fsp3) is 0. The second-order valence-corrected chi connectivity index (χ2v) is 6.17. The van der Waals surface area contributed by atoms with Crippen LogP contribution in [0.2, 0.25) is 0 Å². The van der Waals surface area contributed by atoms with E-state index in [1.54, 1.807) is 28.3 Å². The largest absolute Gasteiger partial charge is 0.477 e. The van der Waals surface area contributed by atoms with Crippen molar-refractivity contribution in [1.82, 2.24) is 14.5 Å². The molecular weight excluding hydrogens is 338 g/mol. The molecule has 25 heavy (non-hydrogen) atoms. The van der Waals surface area contributed by atoms with E-state index in [1.165, 1.54) is 17.5 Å². The number of aromatic carboxylic acids is 1. The fourth-order valence-corrected chi connectivity index (χ4v) is 3.22. The van der Waals surface area contributed by atoms with Crippen molar-refractivity contribution in [3.63, 3.8) is 0 Å². The van der Waals surface area contributed by atoms with Crippen LogP contribution in [0.3, 0.4) is 0 Å². The summed E-state index contributed by atoms with van der Waals surface area (Å²) in [4.78, 5) is 32.7. The molecule has 3 aromatic heterocycles. The van der Waals surface area contributed by atoms with Crippen LogP contribution in [-0.2, 0) is 0 Å². The van der Waals surface area contributed by atoms with Crippen molar-refractivity contribution < 1.29 is 9.90 Å². The van der Waals surface area contributed by atoms with Crippen molar-refractivity contribution in [3.8, 4) is 16.4 Å². The van der Waals surface area contributed by atoms with Gasteiger partial charge in [-0.25, -0.2) is 14.8 Å². The first kappa shape index (κ1) is 15.2. The van der Waals surface area contributed by atoms with Crippen molar-refractivity contribution in [3.05, 3.63) is 76.0 Å². The second-order valence-electron chi connectivity index (χ2n) is 5.30. The van der Waals surface area contributed by atoms with Gasteiger partial charge >= 0.3 is 5.97 Å². The molecule has 1 aromatic carbocycles. The summed E-state index contributed by atoms with van der Waals surface area (Å²) in [6, 6.07) is 12.9. The number of thiazole rings is 1. The Kier molecular flexibility index (Phi) is 3.62. The minimum Gasteiger partial charge on any atom is -0.477 e. The average Bonchev–Trinajstić information content (AvgIpc) is 3.16. The predicted molar refractivity (Wildman–Crippen MR) is 95.4 cm³/mol. The molecule has 0 aliphatic rings.